The standard InChI is InChI=1S/C34H50N2O3/c1-7-11-21-35(22-12-8-2)34(38)27-36(5,6)23-13-14-24-39-33-20-18-29(16-10-4)26-31(33)30-25-28(15-9-3)17-19-32(30)37/h9-10,17-20,25-26H,3-4,7-8,11-16,21-24,27H2,1-2,5-6H3/p+1. The van der Waals surface area contributed by atoms with E-state index in [-0.39, 0.29) is 11.7 Å². The Morgan fingerprint density at radius 2 is 1.49 bits per heavy atom. The maximum Gasteiger partial charge on any atom is 0.277 e. The molecule has 5 nitrogen and oxygen atoms in total. The third-order valence-electron chi connectivity index (χ3n) is 7.05. The van der Waals surface area contributed by atoms with Crippen LogP contribution in [0.15, 0.2) is 61.7 Å². The van der Waals surface area contributed by atoms with Crippen LogP contribution in [0, 0.1) is 0 Å². The van der Waals surface area contributed by atoms with E-state index in [1.54, 1.807) is 6.07 Å². The van der Waals surface area contributed by atoms with Crippen molar-refractivity contribution in [1.29, 1.82) is 0 Å². The summed E-state index contributed by atoms with van der Waals surface area (Å²) in [5, 5.41) is 10.7. The molecule has 0 spiro atoms. The van der Waals surface area contributed by atoms with E-state index >= 15 is 0 Å². The Kier molecular flexibility index (Phi) is 13.9. The van der Waals surface area contributed by atoms with E-state index in [0.29, 0.717) is 17.6 Å². The Hall–Kier alpha value is -3.05. The van der Waals surface area contributed by atoms with E-state index < -0.39 is 0 Å². The lowest BCUT2D eigenvalue weighted by molar-refractivity contribution is -0.883. The maximum absolute atomic E-state index is 13.0. The zero-order valence-electron chi connectivity index (χ0n) is 24.9. The second-order valence-corrected chi connectivity index (χ2v) is 11.1. The Morgan fingerprint density at radius 1 is 0.897 bits per heavy atom. The van der Waals surface area contributed by atoms with Gasteiger partial charge in [0.2, 0.25) is 0 Å². The maximum atomic E-state index is 13.0. The van der Waals surface area contributed by atoms with E-state index in [4.69, 9.17) is 4.74 Å². The average molecular weight is 536 g/mol. The first kappa shape index (κ1) is 32.2. The SMILES string of the molecule is C=CCc1ccc(O)c(-c2cc(CC=C)ccc2OCCCC[N+](C)(C)CC(=O)N(CCCC)CCCC)c1. The van der Waals surface area contributed by atoms with Crippen LogP contribution < -0.4 is 4.74 Å². The summed E-state index contributed by atoms with van der Waals surface area (Å²) in [6.07, 6.45) is 11.4. The molecular formula is C34H51N2O3+. The van der Waals surface area contributed by atoms with E-state index in [1.165, 1.54) is 0 Å². The molecule has 0 aliphatic rings. The molecule has 0 aliphatic heterocycles. The first-order valence-corrected chi connectivity index (χ1v) is 14.6. The Balaban J connectivity index is 2.01. The molecule has 0 bridgehead atoms. The number of phenolic OH excluding ortho intramolecular Hbond substituents is 1. The summed E-state index contributed by atoms with van der Waals surface area (Å²) in [4.78, 5) is 15.1. The number of amides is 1. The Bertz CT molecular complexity index is 1050. The molecule has 0 saturated heterocycles. The van der Waals surface area contributed by atoms with Gasteiger partial charge in [-0.3, -0.25) is 4.79 Å². The summed E-state index contributed by atoms with van der Waals surface area (Å²) in [5.74, 6) is 1.26. The Labute approximate surface area is 237 Å². The normalized spacial score (nSPS) is 11.3. The largest absolute Gasteiger partial charge is 0.507 e. The van der Waals surface area contributed by atoms with Gasteiger partial charge in [-0.2, -0.15) is 0 Å². The minimum Gasteiger partial charge on any atom is -0.507 e. The van der Waals surface area contributed by atoms with Crippen molar-refractivity contribution >= 4 is 5.91 Å². The molecular weight excluding hydrogens is 484 g/mol. The lowest BCUT2D eigenvalue weighted by atomic mass is 9.97. The van der Waals surface area contributed by atoms with Gasteiger partial charge in [0.25, 0.3) is 5.91 Å². The van der Waals surface area contributed by atoms with Crippen LogP contribution >= 0.6 is 0 Å². The molecule has 39 heavy (non-hydrogen) atoms. The molecule has 0 heterocycles. The predicted octanol–water partition coefficient (Wildman–Crippen LogP) is 7.18. The van der Waals surface area contributed by atoms with E-state index in [1.807, 2.05) is 30.4 Å². The van der Waals surface area contributed by atoms with Crippen molar-refractivity contribution in [2.75, 3.05) is 46.9 Å². The summed E-state index contributed by atoms with van der Waals surface area (Å²) >= 11 is 0. The summed E-state index contributed by atoms with van der Waals surface area (Å²) < 4.78 is 6.94. The summed E-state index contributed by atoms with van der Waals surface area (Å²) in [6, 6.07) is 11.8. The van der Waals surface area contributed by atoms with Crippen molar-refractivity contribution in [1.82, 2.24) is 4.90 Å². The van der Waals surface area contributed by atoms with Crippen LogP contribution in [-0.2, 0) is 17.6 Å². The minimum atomic E-state index is 0.235. The number of carbonyl (C=O) groups is 1. The molecule has 2 rings (SSSR count). The van der Waals surface area contributed by atoms with Gasteiger partial charge in [0.1, 0.15) is 11.5 Å². The van der Waals surface area contributed by atoms with E-state index in [9.17, 15) is 9.90 Å². The zero-order valence-corrected chi connectivity index (χ0v) is 24.9. The number of rotatable bonds is 19. The van der Waals surface area contributed by atoms with Crippen LogP contribution in [-0.4, -0.2) is 67.3 Å². The van der Waals surface area contributed by atoms with Crippen molar-refractivity contribution in [3.05, 3.63) is 72.8 Å². The van der Waals surface area contributed by atoms with Gasteiger partial charge in [0.05, 0.1) is 27.2 Å². The van der Waals surface area contributed by atoms with Gasteiger partial charge in [-0.25, -0.2) is 0 Å². The summed E-state index contributed by atoms with van der Waals surface area (Å²) in [5.41, 5.74) is 3.87. The van der Waals surface area contributed by atoms with Crippen LogP contribution in [0.3, 0.4) is 0 Å². The van der Waals surface area contributed by atoms with Gasteiger partial charge >= 0.3 is 0 Å². The van der Waals surface area contributed by atoms with Crippen molar-refractivity contribution in [2.45, 2.75) is 65.2 Å². The van der Waals surface area contributed by atoms with Gasteiger partial charge in [0.15, 0.2) is 6.54 Å². The lowest BCUT2D eigenvalue weighted by Crippen LogP contribution is -2.49. The number of quaternary nitrogens is 1. The zero-order chi connectivity index (χ0) is 28.7. The highest BCUT2D eigenvalue weighted by Gasteiger charge is 2.23. The van der Waals surface area contributed by atoms with Crippen molar-refractivity contribution in [2.24, 2.45) is 0 Å². The predicted molar refractivity (Wildman–Crippen MR) is 164 cm³/mol. The number of benzene rings is 2. The third-order valence-corrected chi connectivity index (χ3v) is 7.05. The highest BCUT2D eigenvalue weighted by Crippen LogP contribution is 2.37. The number of likely N-dealkylation sites (N-methyl/N-ethyl adjacent to an activating group) is 1. The molecule has 0 atom stereocenters. The molecule has 0 aromatic heterocycles. The number of allylic oxidation sites excluding steroid dienone is 2. The van der Waals surface area contributed by atoms with Gasteiger partial charge in [0, 0.05) is 24.2 Å². The van der Waals surface area contributed by atoms with Gasteiger partial charge < -0.3 is 19.2 Å². The minimum absolute atomic E-state index is 0.235. The number of hydrogen-bond donors (Lipinski definition) is 1. The summed E-state index contributed by atoms with van der Waals surface area (Å²) in [7, 11) is 4.29. The lowest BCUT2D eigenvalue weighted by Gasteiger charge is -2.32. The average Bonchev–Trinajstić information content (AvgIpc) is 2.90. The van der Waals surface area contributed by atoms with Gasteiger partial charge in [-0.1, -0.05) is 51.0 Å². The second-order valence-electron chi connectivity index (χ2n) is 11.1. The highest BCUT2D eigenvalue weighted by atomic mass is 16.5. The summed E-state index contributed by atoms with van der Waals surface area (Å²) in [6.45, 7) is 15.8. The van der Waals surface area contributed by atoms with Crippen LogP contribution in [0.2, 0.25) is 0 Å². The molecule has 0 fully saturated rings. The van der Waals surface area contributed by atoms with Crippen LogP contribution in [0.25, 0.3) is 11.1 Å². The second kappa shape index (κ2) is 16.8. The molecule has 214 valence electrons. The molecule has 0 radical (unpaired) electrons. The molecule has 0 saturated carbocycles. The number of hydrogen-bond acceptors (Lipinski definition) is 3. The number of ether oxygens (including phenoxy) is 1. The molecule has 0 unspecified atom stereocenters. The molecule has 1 N–H and O–H groups in total. The molecule has 1 amide bonds. The van der Waals surface area contributed by atoms with Crippen LogP contribution in [0.1, 0.15) is 63.5 Å². The number of unbranched alkanes of at least 4 members (excludes halogenated alkanes) is 3. The number of carbonyl (C=O) groups excluding carboxylic acids is 1. The highest BCUT2D eigenvalue weighted by molar-refractivity contribution is 5.77. The molecule has 2 aromatic carbocycles. The first-order chi connectivity index (χ1) is 18.7. The number of aromatic hydroxyl groups is 1. The topological polar surface area (TPSA) is 49.8 Å². The number of nitrogens with zero attached hydrogens (tertiary/aromatic N) is 2. The van der Waals surface area contributed by atoms with Gasteiger partial charge in [-0.05, 0) is 73.9 Å². The quantitative estimate of drug-likeness (QED) is 0.118. The molecule has 2 aromatic rings. The van der Waals surface area contributed by atoms with E-state index in [2.05, 4.69) is 58.1 Å². The monoisotopic (exact) mass is 535 g/mol. The fourth-order valence-corrected chi connectivity index (χ4v) is 4.73. The third kappa shape index (κ3) is 10.9. The van der Waals surface area contributed by atoms with Crippen LogP contribution in [0.4, 0.5) is 0 Å². The smallest absolute Gasteiger partial charge is 0.277 e. The van der Waals surface area contributed by atoms with Crippen molar-refractivity contribution in [3.63, 3.8) is 0 Å². The fourth-order valence-electron chi connectivity index (χ4n) is 4.73. The number of phenols is 1. The molecule has 0 aliphatic carbocycles. The fraction of sp³-hybridized carbons (Fsp3) is 0.500. The van der Waals surface area contributed by atoms with Crippen molar-refractivity contribution in [3.8, 4) is 22.6 Å². The van der Waals surface area contributed by atoms with E-state index in [0.717, 1.165) is 99.0 Å². The Morgan fingerprint density at radius 3 is 2.08 bits per heavy atom. The van der Waals surface area contributed by atoms with Crippen molar-refractivity contribution < 1.29 is 19.1 Å². The van der Waals surface area contributed by atoms with Gasteiger partial charge in [-0.15, -0.1) is 13.2 Å². The molecule has 5 heteroatoms. The first-order valence-electron chi connectivity index (χ1n) is 14.6. The van der Waals surface area contributed by atoms with Crippen LogP contribution in [0.5, 0.6) is 11.5 Å².